The summed E-state index contributed by atoms with van der Waals surface area (Å²) in [5.41, 5.74) is 0.876. The summed E-state index contributed by atoms with van der Waals surface area (Å²) in [5, 5.41) is 12.2. The minimum atomic E-state index is -3.58. The molecule has 2 rings (SSSR count). The third-order valence-corrected chi connectivity index (χ3v) is 4.75. The first-order chi connectivity index (χ1) is 8.97. The Kier molecular flexibility index (Phi) is 4.18. The van der Waals surface area contributed by atoms with Crippen molar-refractivity contribution in [2.45, 2.75) is 18.2 Å². The molecular formula is C12H14N2O3S2. The van der Waals surface area contributed by atoms with Gasteiger partial charge in [0.2, 0.25) is 10.0 Å². The van der Waals surface area contributed by atoms with Crippen molar-refractivity contribution in [3.8, 4) is 5.75 Å². The molecule has 5 nitrogen and oxygen atoms in total. The van der Waals surface area contributed by atoms with Gasteiger partial charge >= 0.3 is 0 Å². The van der Waals surface area contributed by atoms with E-state index in [4.69, 9.17) is 0 Å². The van der Waals surface area contributed by atoms with E-state index in [1.165, 1.54) is 35.6 Å². The molecule has 0 bridgehead atoms. The van der Waals surface area contributed by atoms with E-state index in [1.807, 2.05) is 12.3 Å². The van der Waals surface area contributed by atoms with Crippen LogP contribution in [0.2, 0.25) is 0 Å². The number of phenols is 1. The first kappa shape index (κ1) is 14.0. The summed E-state index contributed by atoms with van der Waals surface area (Å²) < 4.78 is 26.4. The lowest BCUT2D eigenvalue weighted by Gasteiger charge is -2.06. The Bertz CT molecular complexity index is 665. The van der Waals surface area contributed by atoms with Crippen molar-refractivity contribution in [1.29, 1.82) is 0 Å². The zero-order valence-electron chi connectivity index (χ0n) is 10.3. The fourth-order valence-electron chi connectivity index (χ4n) is 1.57. The predicted molar refractivity (Wildman–Crippen MR) is 73.9 cm³/mol. The maximum atomic E-state index is 11.9. The maximum absolute atomic E-state index is 11.9. The van der Waals surface area contributed by atoms with Gasteiger partial charge in [0.15, 0.2) is 0 Å². The smallest absolute Gasteiger partial charge is 0.240 e. The molecule has 7 heteroatoms. The molecule has 0 spiro atoms. The van der Waals surface area contributed by atoms with Crippen LogP contribution in [-0.2, 0) is 16.4 Å². The number of hydrogen-bond acceptors (Lipinski definition) is 5. The van der Waals surface area contributed by atoms with Gasteiger partial charge in [-0.3, -0.25) is 0 Å². The zero-order chi connectivity index (χ0) is 13.9. The summed E-state index contributed by atoms with van der Waals surface area (Å²) in [5.74, 6) is -0.0713. The lowest BCUT2D eigenvalue weighted by molar-refractivity contribution is 0.473. The van der Waals surface area contributed by atoms with Crippen molar-refractivity contribution in [2.24, 2.45) is 0 Å². The highest BCUT2D eigenvalue weighted by atomic mass is 32.2. The fraction of sp³-hybridized carbons (Fsp3) is 0.250. The second kappa shape index (κ2) is 5.68. The number of rotatable bonds is 5. The van der Waals surface area contributed by atoms with Crippen LogP contribution in [0.4, 0.5) is 0 Å². The van der Waals surface area contributed by atoms with E-state index in [1.54, 1.807) is 0 Å². The predicted octanol–water partition coefficient (Wildman–Crippen LogP) is 1.68. The Labute approximate surface area is 116 Å². The summed E-state index contributed by atoms with van der Waals surface area (Å²) in [6, 6.07) is 5.58. The number of hydrogen-bond donors (Lipinski definition) is 2. The largest absolute Gasteiger partial charge is 0.508 e. The molecule has 0 saturated heterocycles. The zero-order valence-corrected chi connectivity index (χ0v) is 12.0. The molecule has 0 aliphatic rings. The molecule has 0 radical (unpaired) electrons. The van der Waals surface area contributed by atoms with Gasteiger partial charge in [-0.15, -0.1) is 11.3 Å². The third kappa shape index (κ3) is 3.76. The molecule has 1 aromatic carbocycles. The van der Waals surface area contributed by atoms with E-state index in [9.17, 15) is 13.5 Å². The summed E-state index contributed by atoms with van der Waals surface area (Å²) in [4.78, 5) is 4.32. The third-order valence-electron chi connectivity index (χ3n) is 2.47. The molecule has 102 valence electrons. The number of nitrogens with zero attached hydrogens (tertiary/aromatic N) is 1. The monoisotopic (exact) mass is 298 g/mol. The molecule has 0 amide bonds. The van der Waals surface area contributed by atoms with E-state index in [0.717, 1.165) is 10.7 Å². The average molecular weight is 298 g/mol. The van der Waals surface area contributed by atoms with Crippen LogP contribution in [0, 0.1) is 6.92 Å². The average Bonchev–Trinajstić information content (AvgIpc) is 2.75. The maximum Gasteiger partial charge on any atom is 0.240 e. The highest BCUT2D eigenvalue weighted by Gasteiger charge is 2.13. The number of thiazole rings is 1. The van der Waals surface area contributed by atoms with Gasteiger partial charge in [0.1, 0.15) is 5.75 Å². The van der Waals surface area contributed by atoms with E-state index in [2.05, 4.69) is 9.71 Å². The van der Waals surface area contributed by atoms with E-state index in [0.29, 0.717) is 6.42 Å². The minimum absolute atomic E-state index is 0.0574. The van der Waals surface area contributed by atoms with Gasteiger partial charge in [-0.05, 0) is 25.1 Å². The van der Waals surface area contributed by atoms with E-state index >= 15 is 0 Å². The van der Waals surface area contributed by atoms with E-state index < -0.39 is 10.0 Å². The summed E-state index contributed by atoms with van der Waals surface area (Å²) in [6.45, 7) is 2.19. The summed E-state index contributed by atoms with van der Waals surface area (Å²) >= 11 is 1.54. The lowest BCUT2D eigenvalue weighted by Crippen LogP contribution is -2.26. The topological polar surface area (TPSA) is 79.3 Å². The number of benzene rings is 1. The van der Waals surface area contributed by atoms with Gasteiger partial charge in [-0.1, -0.05) is 6.07 Å². The molecule has 0 saturated carbocycles. The second-order valence-corrected chi connectivity index (χ2v) is 6.83. The molecule has 1 heterocycles. The Hall–Kier alpha value is -1.44. The molecule has 0 atom stereocenters. The molecule has 0 fully saturated rings. The van der Waals surface area contributed by atoms with Crippen molar-refractivity contribution in [2.75, 3.05) is 6.54 Å². The number of phenolic OH excluding ortho intramolecular Hbond substituents is 1. The van der Waals surface area contributed by atoms with Crippen LogP contribution in [-0.4, -0.2) is 25.1 Å². The normalized spacial score (nSPS) is 11.6. The fourth-order valence-corrected chi connectivity index (χ4v) is 3.29. The van der Waals surface area contributed by atoms with E-state index in [-0.39, 0.29) is 17.2 Å². The van der Waals surface area contributed by atoms with Crippen LogP contribution in [0.3, 0.4) is 0 Å². The first-order valence-electron chi connectivity index (χ1n) is 5.67. The van der Waals surface area contributed by atoms with Crippen molar-refractivity contribution in [3.05, 3.63) is 40.3 Å². The van der Waals surface area contributed by atoms with Crippen molar-refractivity contribution in [1.82, 2.24) is 9.71 Å². The highest BCUT2D eigenvalue weighted by Crippen LogP contribution is 2.15. The molecule has 2 aromatic rings. The van der Waals surface area contributed by atoms with Gasteiger partial charge in [0.05, 0.1) is 15.6 Å². The van der Waals surface area contributed by atoms with Gasteiger partial charge in [-0.25, -0.2) is 18.1 Å². The Morgan fingerprint density at radius 2 is 2.21 bits per heavy atom. The quantitative estimate of drug-likeness (QED) is 0.880. The number of aromatic nitrogens is 1. The lowest BCUT2D eigenvalue weighted by atomic mass is 10.3. The number of nitrogens with one attached hydrogen (secondary N) is 1. The molecular weight excluding hydrogens is 284 g/mol. The first-order valence-corrected chi connectivity index (χ1v) is 8.03. The number of aryl methyl sites for hydroxylation is 1. The van der Waals surface area contributed by atoms with Crippen LogP contribution in [0.1, 0.15) is 10.7 Å². The molecule has 0 aliphatic heterocycles. The second-order valence-electron chi connectivity index (χ2n) is 4.00. The van der Waals surface area contributed by atoms with Gasteiger partial charge in [0, 0.05) is 18.3 Å². The molecule has 0 aliphatic carbocycles. The Balaban J connectivity index is 1.98. The van der Waals surface area contributed by atoms with Crippen LogP contribution in [0.25, 0.3) is 0 Å². The summed E-state index contributed by atoms with van der Waals surface area (Å²) in [7, 11) is -3.58. The number of aromatic hydroxyl groups is 1. The van der Waals surface area contributed by atoms with Gasteiger partial charge in [0.25, 0.3) is 0 Å². The number of sulfonamides is 1. The molecule has 19 heavy (non-hydrogen) atoms. The molecule has 0 unspecified atom stereocenters. The Morgan fingerprint density at radius 1 is 1.42 bits per heavy atom. The van der Waals surface area contributed by atoms with Gasteiger partial charge < -0.3 is 5.11 Å². The summed E-state index contributed by atoms with van der Waals surface area (Å²) in [6.07, 6.45) is 0.544. The minimum Gasteiger partial charge on any atom is -0.508 e. The van der Waals surface area contributed by atoms with Crippen LogP contribution in [0.5, 0.6) is 5.75 Å². The van der Waals surface area contributed by atoms with Crippen molar-refractivity contribution in [3.63, 3.8) is 0 Å². The highest BCUT2D eigenvalue weighted by molar-refractivity contribution is 7.89. The van der Waals surface area contributed by atoms with Crippen LogP contribution < -0.4 is 4.72 Å². The molecule has 1 aromatic heterocycles. The Morgan fingerprint density at radius 3 is 2.84 bits per heavy atom. The van der Waals surface area contributed by atoms with Crippen LogP contribution >= 0.6 is 11.3 Å². The standard InChI is InChI=1S/C12H14N2O3S2/c1-9-14-10(8-18-9)5-6-13-19(16,17)12-4-2-3-11(15)7-12/h2-4,7-8,13,15H,5-6H2,1H3. The van der Waals surface area contributed by atoms with Gasteiger partial charge in [-0.2, -0.15) is 0 Å². The van der Waals surface area contributed by atoms with Crippen LogP contribution in [0.15, 0.2) is 34.5 Å². The molecule has 2 N–H and O–H groups in total. The van der Waals surface area contributed by atoms with Crippen molar-refractivity contribution < 1.29 is 13.5 Å². The van der Waals surface area contributed by atoms with Crippen molar-refractivity contribution >= 4 is 21.4 Å². The SMILES string of the molecule is Cc1nc(CCNS(=O)(=O)c2cccc(O)c2)cs1.